The average Bonchev–Trinajstić information content (AvgIpc) is 2.90. The third-order valence-corrected chi connectivity index (χ3v) is 3.30. The maximum atomic E-state index is 12.2. The lowest BCUT2D eigenvalue weighted by molar-refractivity contribution is -0.104. The average molecular weight is 295 g/mol. The number of ketones is 1. The van der Waals surface area contributed by atoms with Crippen molar-refractivity contribution in [3.05, 3.63) is 65.5 Å². The van der Waals surface area contributed by atoms with Crippen molar-refractivity contribution in [3.63, 3.8) is 0 Å². The zero-order chi connectivity index (χ0) is 15.9. The highest BCUT2D eigenvalue weighted by atomic mass is 16.5. The zero-order valence-electron chi connectivity index (χ0n) is 12.5. The van der Waals surface area contributed by atoms with Gasteiger partial charge in [-0.05, 0) is 48.6 Å². The third-order valence-electron chi connectivity index (χ3n) is 3.30. The largest absolute Gasteiger partial charge is 0.497 e. The van der Waals surface area contributed by atoms with Crippen LogP contribution in [0.3, 0.4) is 0 Å². The number of carbonyl (C=O) groups is 2. The lowest BCUT2D eigenvalue weighted by atomic mass is 10.1. The van der Waals surface area contributed by atoms with Crippen LogP contribution < -0.4 is 4.74 Å². The molecule has 1 aromatic heterocycles. The highest BCUT2D eigenvalue weighted by Gasteiger charge is 2.04. The summed E-state index contributed by atoms with van der Waals surface area (Å²) >= 11 is 0. The van der Waals surface area contributed by atoms with Crippen LogP contribution in [0.25, 0.3) is 12.2 Å². The molecular formula is C18H17NO3. The van der Waals surface area contributed by atoms with E-state index in [9.17, 15) is 9.59 Å². The Morgan fingerprint density at radius 1 is 1.14 bits per heavy atom. The number of allylic oxidation sites excluding steroid dienone is 2. The molecule has 0 aliphatic heterocycles. The van der Waals surface area contributed by atoms with Crippen LogP contribution in [-0.2, 0) is 11.8 Å². The van der Waals surface area contributed by atoms with E-state index in [1.165, 1.54) is 12.2 Å². The van der Waals surface area contributed by atoms with Gasteiger partial charge in [0.2, 0.25) is 0 Å². The second-order valence-corrected chi connectivity index (χ2v) is 4.67. The van der Waals surface area contributed by atoms with E-state index in [0.29, 0.717) is 11.3 Å². The molecule has 0 radical (unpaired) electrons. The molecule has 2 aromatic rings. The quantitative estimate of drug-likeness (QED) is 0.467. The van der Waals surface area contributed by atoms with E-state index in [1.807, 2.05) is 23.7 Å². The maximum absolute atomic E-state index is 12.2. The lowest BCUT2D eigenvalue weighted by Crippen LogP contribution is -1.97. The molecule has 0 amide bonds. The summed E-state index contributed by atoms with van der Waals surface area (Å²) in [5.74, 6) is 0.560. The van der Waals surface area contributed by atoms with E-state index in [-0.39, 0.29) is 5.78 Å². The van der Waals surface area contributed by atoms with Gasteiger partial charge >= 0.3 is 0 Å². The molecule has 0 unspecified atom stereocenters. The minimum absolute atomic E-state index is 0.0925. The van der Waals surface area contributed by atoms with Crippen molar-refractivity contribution in [1.29, 1.82) is 0 Å². The molecule has 0 saturated heterocycles. The van der Waals surface area contributed by atoms with E-state index in [0.717, 1.165) is 17.7 Å². The van der Waals surface area contributed by atoms with Crippen molar-refractivity contribution < 1.29 is 14.3 Å². The number of aldehydes is 1. The number of carbonyl (C=O) groups excluding carboxylic acids is 2. The van der Waals surface area contributed by atoms with Crippen LogP contribution in [0.5, 0.6) is 5.75 Å². The van der Waals surface area contributed by atoms with Crippen LogP contribution in [0.4, 0.5) is 0 Å². The summed E-state index contributed by atoms with van der Waals surface area (Å²) in [7, 11) is 3.44. The number of nitrogens with zero attached hydrogens (tertiary/aromatic N) is 1. The molecule has 0 bridgehead atoms. The molecule has 22 heavy (non-hydrogen) atoms. The van der Waals surface area contributed by atoms with Gasteiger partial charge in [-0.15, -0.1) is 0 Å². The van der Waals surface area contributed by atoms with Crippen molar-refractivity contribution in [2.24, 2.45) is 7.05 Å². The van der Waals surface area contributed by atoms with Gasteiger partial charge in [-0.3, -0.25) is 9.59 Å². The smallest absolute Gasteiger partial charge is 0.186 e. The van der Waals surface area contributed by atoms with Gasteiger partial charge in [0.25, 0.3) is 0 Å². The van der Waals surface area contributed by atoms with Gasteiger partial charge in [0, 0.05) is 24.0 Å². The Morgan fingerprint density at radius 3 is 2.55 bits per heavy atom. The van der Waals surface area contributed by atoms with Crippen LogP contribution in [0.15, 0.2) is 48.6 Å². The molecule has 2 rings (SSSR count). The van der Waals surface area contributed by atoms with Gasteiger partial charge in [0.15, 0.2) is 5.78 Å². The first-order valence-corrected chi connectivity index (χ1v) is 6.79. The van der Waals surface area contributed by atoms with E-state index < -0.39 is 0 Å². The summed E-state index contributed by atoms with van der Waals surface area (Å²) in [6.07, 6.45) is 7.16. The Labute approximate surface area is 129 Å². The second kappa shape index (κ2) is 7.22. The SMILES string of the molecule is COc1cccc(C(=O)/C=C/c2ccc(/C=C/C=O)n2C)c1. The van der Waals surface area contributed by atoms with Crippen LogP contribution >= 0.6 is 0 Å². The number of hydrogen-bond acceptors (Lipinski definition) is 3. The molecule has 0 fully saturated rings. The zero-order valence-corrected chi connectivity index (χ0v) is 12.5. The van der Waals surface area contributed by atoms with Crippen LogP contribution in [0.2, 0.25) is 0 Å². The van der Waals surface area contributed by atoms with Crippen LogP contribution in [0.1, 0.15) is 21.7 Å². The van der Waals surface area contributed by atoms with E-state index in [2.05, 4.69) is 0 Å². The summed E-state index contributed by atoms with van der Waals surface area (Å²) in [6, 6.07) is 10.8. The summed E-state index contributed by atoms with van der Waals surface area (Å²) in [4.78, 5) is 22.5. The molecule has 0 aliphatic rings. The normalized spacial score (nSPS) is 11.2. The first-order chi connectivity index (χ1) is 10.7. The third kappa shape index (κ3) is 3.61. The lowest BCUT2D eigenvalue weighted by Gasteiger charge is -2.02. The Bertz CT molecular complexity index is 739. The fraction of sp³-hybridized carbons (Fsp3) is 0.111. The van der Waals surface area contributed by atoms with E-state index >= 15 is 0 Å². The van der Waals surface area contributed by atoms with E-state index in [4.69, 9.17) is 4.74 Å². The predicted molar refractivity (Wildman–Crippen MR) is 86.9 cm³/mol. The van der Waals surface area contributed by atoms with Gasteiger partial charge in [-0.25, -0.2) is 0 Å². The van der Waals surface area contributed by atoms with Crippen molar-refractivity contribution in [3.8, 4) is 5.75 Å². The number of aromatic nitrogens is 1. The van der Waals surface area contributed by atoms with Crippen molar-refractivity contribution >= 4 is 24.2 Å². The van der Waals surface area contributed by atoms with Gasteiger partial charge in [0.1, 0.15) is 12.0 Å². The number of benzene rings is 1. The molecule has 0 saturated carbocycles. The number of ether oxygens (including phenoxy) is 1. The van der Waals surface area contributed by atoms with Crippen LogP contribution in [0, 0.1) is 0 Å². The number of rotatable bonds is 6. The van der Waals surface area contributed by atoms with Crippen molar-refractivity contribution in [2.75, 3.05) is 7.11 Å². The molecule has 4 nitrogen and oxygen atoms in total. The van der Waals surface area contributed by atoms with Gasteiger partial charge in [0.05, 0.1) is 7.11 Å². The molecule has 1 aromatic carbocycles. The second-order valence-electron chi connectivity index (χ2n) is 4.67. The number of hydrogen-bond donors (Lipinski definition) is 0. The maximum Gasteiger partial charge on any atom is 0.186 e. The molecule has 4 heteroatoms. The molecule has 0 atom stereocenters. The van der Waals surface area contributed by atoms with Gasteiger partial charge in [-0.2, -0.15) is 0 Å². The van der Waals surface area contributed by atoms with Crippen molar-refractivity contribution in [1.82, 2.24) is 4.57 Å². The molecular weight excluding hydrogens is 278 g/mol. The summed E-state index contributed by atoms with van der Waals surface area (Å²) in [5.41, 5.74) is 2.34. The highest BCUT2D eigenvalue weighted by Crippen LogP contribution is 2.15. The predicted octanol–water partition coefficient (Wildman–Crippen LogP) is 3.14. The standard InChI is InChI=1S/C18H17NO3/c1-19-15(6-4-12-20)8-9-16(19)10-11-18(21)14-5-3-7-17(13-14)22-2/h3-13H,1-2H3/b6-4+,11-10+. The Balaban J connectivity index is 2.17. The molecule has 112 valence electrons. The minimum Gasteiger partial charge on any atom is -0.497 e. The molecule has 0 spiro atoms. The molecule has 0 N–H and O–H groups in total. The fourth-order valence-corrected chi connectivity index (χ4v) is 2.05. The summed E-state index contributed by atoms with van der Waals surface area (Å²) in [5, 5.41) is 0. The first kappa shape index (κ1) is 15.5. The first-order valence-electron chi connectivity index (χ1n) is 6.79. The van der Waals surface area contributed by atoms with Gasteiger partial charge in [-0.1, -0.05) is 12.1 Å². The molecule has 1 heterocycles. The summed E-state index contributed by atoms with van der Waals surface area (Å²) < 4.78 is 7.01. The Morgan fingerprint density at radius 2 is 1.86 bits per heavy atom. The topological polar surface area (TPSA) is 48.3 Å². The van der Waals surface area contributed by atoms with Crippen molar-refractivity contribution in [2.45, 2.75) is 0 Å². The highest BCUT2D eigenvalue weighted by molar-refractivity contribution is 6.06. The Kier molecular flexibility index (Phi) is 5.09. The van der Waals surface area contributed by atoms with Crippen LogP contribution in [-0.4, -0.2) is 23.7 Å². The fourth-order valence-electron chi connectivity index (χ4n) is 2.05. The summed E-state index contributed by atoms with van der Waals surface area (Å²) in [6.45, 7) is 0. The minimum atomic E-state index is -0.0925. The molecule has 0 aliphatic carbocycles. The van der Waals surface area contributed by atoms with Gasteiger partial charge < -0.3 is 9.30 Å². The monoisotopic (exact) mass is 295 g/mol. The Hall–Kier alpha value is -2.88. The van der Waals surface area contributed by atoms with E-state index in [1.54, 1.807) is 43.5 Å². The number of methoxy groups -OCH3 is 1.